The Morgan fingerprint density at radius 2 is 1.83 bits per heavy atom. The van der Waals surface area contributed by atoms with Gasteiger partial charge in [-0.1, -0.05) is 19.1 Å². The molecule has 1 amide bonds. The third-order valence-electron chi connectivity index (χ3n) is 3.34. The lowest BCUT2D eigenvalue weighted by molar-refractivity contribution is -0.142. The SMILES string of the molecule is CCOc1ccccc1OCCCC(=O)N(C)CC(C)C(=O)O. The summed E-state index contributed by atoms with van der Waals surface area (Å²) in [7, 11) is 1.62. The van der Waals surface area contributed by atoms with Crippen molar-refractivity contribution in [2.75, 3.05) is 26.8 Å². The Balaban J connectivity index is 2.34. The summed E-state index contributed by atoms with van der Waals surface area (Å²) in [5.74, 6) is -0.207. The van der Waals surface area contributed by atoms with E-state index in [4.69, 9.17) is 14.6 Å². The van der Waals surface area contributed by atoms with Crippen molar-refractivity contribution < 1.29 is 24.2 Å². The van der Waals surface area contributed by atoms with Crippen molar-refractivity contribution >= 4 is 11.9 Å². The number of hydrogen-bond donors (Lipinski definition) is 1. The predicted molar refractivity (Wildman–Crippen MR) is 86.8 cm³/mol. The predicted octanol–water partition coefficient (Wildman–Crippen LogP) is 2.42. The number of ether oxygens (including phenoxy) is 2. The second-order valence-electron chi connectivity index (χ2n) is 5.35. The maximum absolute atomic E-state index is 11.9. The van der Waals surface area contributed by atoms with E-state index in [1.165, 1.54) is 4.90 Å². The number of hydrogen-bond acceptors (Lipinski definition) is 4. The van der Waals surface area contributed by atoms with Gasteiger partial charge in [-0.2, -0.15) is 0 Å². The molecular formula is C17H25NO5. The van der Waals surface area contributed by atoms with Crippen molar-refractivity contribution in [2.24, 2.45) is 5.92 Å². The highest BCUT2D eigenvalue weighted by molar-refractivity contribution is 5.77. The minimum Gasteiger partial charge on any atom is -0.490 e. The fraction of sp³-hybridized carbons (Fsp3) is 0.529. The van der Waals surface area contributed by atoms with Crippen LogP contribution in [0, 0.1) is 5.92 Å². The molecule has 0 aliphatic heterocycles. The number of benzene rings is 1. The smallest absolute Gasteiger partial charge is 0.308 e. The molecule has 6 heteroatoms. The second kappa shape index (κ2) is 9.71. The number of amides is 1. The first-order valence-corrected chi connectivity index (χ1v) is 7.77. The first-order valence-electron chi connectivity index (χ1n) is 7.77. The van der Waals surface area contributed by atoms with E-state index >= 15 is 0 Å². The molecule has 1 aromatic carbocycles. The standard InChI is InChI=1S/C17H25NO5/c1-4-22-14-8-5-6-9-15(14)23-11-7-10-16(19)18(3)12-13(2)17(20)21/h5-6,8-9,13H,4,7,10-12H2,1-3H3,(H,20,21). The minimum absolute atomic E-state index is 0.0835. The highest BCUT2D eigenvalue weighted by Gasteiger charge is 2.17. The highest BCUT2D eigenvalue weighted by Crippen LogP contribution is 2.26. The van der Waals surface area contributed by atoms with Gasteiger partial charge in [-0.05, 0) is 25.5 Å². The molecule has 6 nitrogen and oxygen atoms in total. The largest absolute Gasteiger partial charge is 0.490 e. The van der Waals surface area contributed by atoms with Crippen molar-refractivity contribution in [3.05, 3.63) is 24.3 Å². The van der Waals surface area contributed by atoms with Crippen molar-refractivity contribution in [2.45, 2.75) is 26.7 Å². The van der Waals surface area contributed by atoms with Gasteiger partial charge in [-0.15, -0.1) is 0 Å². The van der Waals surface area contributed by atoms with Crippen molar-refractivity contribution in [1.82, 2.24) is 4.90 Å². The molecule has 0 aromatic heterocycles. The molecule has 23 heavy (non-hydrogen) atoms. The maximum Gasteiger partial charge on any atom is 0.308 e. The summed E-state index contributed by atoms with van der Waals surface area (Å²) in [6.45, 7) is 4.66. The van der Waals surface area contributed by atoms with Gasteiger partial charge in [0.1, 0.15) is 0 Å². The summed E-state index contributed by atoms with van der Waals surface area (Å²) in [5, 5.41) is 8.85. The Kier molecular flexibility index (Phi) is 7.94. The van der Waals surface area contributed by atoms with Crippen LogP contribution in [0.2, 0.25) is 0 Å². The fourth-order valence-corrected chi connectivity index (χ4v) is 2.03. The Labute approximate surface area is 137 Å². The third-order valence-corrected chi connectivity index (χ3v) is 3.34. The van der Waals surface area contributed by atoms with Crippen molar-refractivity contribution in [1.29, 1.82) is 0 Å². The van der Waals surface area contributed by atoms with Gasteiger partial charge in [-0.3, -0.25) is 9.59 Å². The maximum atomic E-state index is 11.9. The lowest BCUT2D eigenvalue weighted by Gasteiger charge is -2.19. The molecule has 0 saturated carbocycles. The van der Waals surface area contributed by atoms with Crippen molar-refractivity contribution in [3.63, 3.8) is 0 Å². The highest BCUT2D eigenvalue weighted by atomic mass is 16.5. The van der Waals surface area contributed by atoms with Gasteiger partial charge in [0.05, 0.1) is 19.1 Å². The Morgan fingerprint density at radius 1 is 1.22 bits per heavy atom. The lowest BCUT2D eigenvalue weighted by atomic mass is 10.1. The monoisotopic (exact) mass is 323 g/mol. The summed E-state index contributed by atoms with van der Waals surface area (Å²) in [4.78, 5) is 24.2. The first kappa shape index (κ1) is 18.8. The van der Waals surface area contributed by atoms with Gasteiger partial charge >= 0.3 is 5.97 Å². The number of carbonyl (C=O) groups is 2. The van der Waals surface area contributed by atoms with Crippen molar-refractivity contribution in [3.8, 4) is 11.5 Å². The normalized spacial score (nSPS) is 11.6. The number of carbonyl (C=O) groups excluding carboxylic acids is 1. The molecule has 0 heterocycles. The van der Waals surface area contributed by atoms with Crippen LogP contribution in [0.3, 0.4) is 0 Å². The van der Waals surface area contributed by atoms with Crippen LogP contribution in [0.1, 0.15) is 26.7 Å². The van der Waals surface area contributed by atoms with E-state index in [1.807, 2.05) is 31.2 Å². The zero-order chi connectivity index (χ0) is 17.2. The summed E-state index contributed by atoms with van der Waals surface area (Å²) < 4.78 is 11.1. The molecule has 0 saturated heterocycles. The van der Waals surface area contributed by atoms with Gasteiger partial charge in [0.25, 0.3) is 0 Å². The van der Waals surface area contributed by atoms with E-state index < -0.39 is 11.9 Å². The molecule has 0 aliphatic carbocycles. The summed E-state index contributed by atoms with van der Waals surface area (Å²) in [5.41, 5.74) is 0. The van der Waals surface area contributed by atoms with E-state index in [-0.39, 0.29) is 12.5 Å². The van der Waals surface area contributed by atoms with Crippen LogP contribution in [-0.4, -0.2) is 48.7 Å². The van der Waals surface area contributed by atoms with Crippen LogP contribution in [0.4, 0.5) is 0 Å². The second-order valence-corrected chi connectivity index (χ2v) is 5.35. The van der Waals surface area contributed by atoms with Gasteiger partial charge in [0.2, 0.25) is 5.91 Å². The quantitative estimate of drug-likeness (QED) is 0.669. The molecule has 0 bridgehead atoms. The molecule has 0 radical (unpaired) electrons. The Morgan fingerprint density at radius 3 is 2.39 bits per heavy atom. The molecular weight excluding hydrogens is 298 g/mol. The van der Waals surface area contributed by atoms with Crippen LogP contribution in [0.5, 0.6) is 11.5 Å². The number of nitrogens with zero attached hydrogens (tertiary/aromatic N) is 1. The number of rotatable bonds is 10. The molecule has 0 spiro atoms. The number of aliphatic carboxylic acids is 1. The summed E-state index contributed by atoms with van der Waals surface area (Å²) in [6.07, 6.45) is 0.880. The van der Waals surface area contributed by atoms with E-state index in [2.05, 4.69) is 0 Å². The van der Waals surface area contributed by atoms with Crippen LogP contribution in [0.15, 0.2) is 24.3 Å². The van der Waals surface area contributed by atoms with Gasteiger partial charge in [-0.25, -0.2) is 0 Å². The molecule has 0 fully saturated rings. The van der Waals surface area contributed by atoms with E-state index in [0.717, 1.165) is 0 Å². The molecule has 1 N–H and O–H groups in total. The molecule has 1 aromatic rings. The van der Waals surface area contributed by atoms with E-state index in [9.17, 15) is 9.59 Å². The van der Waals surface area contributed by atoms with Gasteiger partial charge in [0.15, 0.2) is 11.5 Å². The molecule has 1 atom stereocenters. The van der Waals surface area contributed by atoms with Gasteiger partial charge < -0.3 is 19.5 Å². The Bertz CT molecular complexity index is 517. The zero-order valence-corrected chi connectivity index (χ0v) is 13.9. The molecule has 128 valence electrons. The molecule has 0 aliphatic rings. The van der Waals surface area contributed by atoms with Crippen LogP contribution < -0.4 is 9.47 Å². The number of carboxylic acid groups (broad SMARTS) is 1. The zero-order valence-electron chi connectivity index (χ0n) is 13.9. The fourth-order valence-electron chi connectivity index (χ4n) is 2.03. The van der Waals surface area contributed by atoms with E-state index in [0.29, 0.717) is 37.6 Å². The molecule has 1 rings (SSSR count). The van der Waals surface area contributed by atoms with E-state index in [1.54, 1.807) is 14.0 Å². The van der Waals surface area contributed by atoms with Crippen LogP contribution in [0.25, 0.3) is 0 Å². The summed E-state index contributed by atoms with van der Waals surface area (Å²) >= 11 is 0. The topological polar surface area (TPSA) is 76.1 Å². The third kappa shape index (κ3) is 6.59. The van der Waals surface area contributed by atoms with Crippen LogP contribution >= 0.6 is 0 Å². The number of para-hydroxylation sites is 2. The minimum atomic E-state index is -0.902. The molecule has 1 unspecified atom stereocenters. The number of carboxylic acids is 1. The average molecular weight is 323 g/mol. The van der Waals surface area contributed by atoms with Crippen LogP contribution in [-0.2, 0) is 9.59 Å². The van der Waals surface area contributed by atoms with Gasteiger partial charge in [0, 0.05) is 20.0 Å². The lowest BCUT2D eigenvalue weighted by Crippen LogP contribution is -2.33. The average Bonchev–Trinajstić information content (AvgIpc) is 2.52. The summed E-state index contributed by atoms with van der Waals surface area (Å²) in [6, 6.07) is 7.41. The first-order chi connectivity index (χ1) is 11.0. The Hall–Kier alpha value is -2.24.